The number of rotatable bonds is 6. The highest BCUT2D eigenvalue weighted by molar-refractivity contribution is 7.15. The van der Waals surface area contributed by atoms with Crippen molar-refractivity contribution in [1.82, 2.24) is 9.88 Å². The number of aromatic nitrogens is 1. The topological polar surface area (TPSA) is 16.1 Å². The maximum absolute atomic E-state index is 5.83. The van der Waals surface area contributed by atoms with E-state index in [0.29, 0.717) is 4.47 Å². The minimum absolute atomic E-state index is 0.663. The molecule has 0 atom stereocenters. The molecule has 0 radical (unpaired) electrons. The van der Waals surface area contributed by atoms with E-state index in [9.17, 15) is 0 Å². The molecule has 0 unspecified atom stereocenters. The summed E-state index contributed by atoms with van der Waals surface area (Å²) in [5, 5.41) is 0. The number of unbranched alkanes of at least 4 members (excludes halogenated alkanes) is 1. The van der Waals surface area contributed by atoms with Gasteiger partial charge in [0.1, 0.15) is 0 Å². The van der Waals surface area contributed by atoms with Crippen molar-refractivity contribution < 1.29 is 0 Å². The van der Waals surface area contributed by atoms with Crippen molar-refractivity contribution in [2.75, 3.05) is 6.54 Å². The molecule has 1 fully saturated rings. The van der Waals surface area contributed by atoms with Crippen molar-refractivity contribution in [1.29, 1.82) is 0 Å². The van der Waals surface area contributed by atoms with Crippen LogP contribution in [-0.2, 0) is 6.54 Å². The van der Waals surface area contributed by atoms with Gasteiger partial charge in [-0.05, 0) is 25.8 Å². The monoisotopic (exact) mass is 244 g/mol. The van der Waals surface area contributed by atoms with Gasteiger partial charge in [0.25, 0.3) is 0 Å². The molecule has 0 aromatic carbocycles. The van der Waals surface area contributed by atoms with E-state index in [2.05, 4.69) is 16.8 Å². The van der Waals surface area contributed by atoms with E-state index in [1.54, 1.807) is 11.3 Å². The summed E-state index contributed by atoms with van der Waals surface area (Å²) >= 11 is 7.44. The number of halogens is 1. The number of hydrogen-bond donors (Lipinski definition) is 0. The van der Waals surface area contributed by atoms with Gasteiger partial charge in [-0.25, -0.2) is 4.98 Å². The van der Waals surface area contributed by atoms with Gasteiger partial charge in [0.15, 0.2) is 4.47 Å². The second-order valence-electron chi connectivity index (χ2n) is 4.13. The van der Waals surface area contributed by atoms with E-state index in [4.69, 9.17) is 11.6 Å². The average Bonchev–Trinajstić information content (AvgIpc) is 2.98. The molecule has 0 aliphatic heterocycles. The largest absolute Gasteiger partial charge is 0.295 e. The van der Waals surface area contributed by atoms with Gasteiger partial charge >= 0.3 is 0 Å². The Morgan fingerprint density at radius 1 is 1.60 bits per heavy atom. The predicted octanol–water partition coefficient (Wildman–Crippen LogP) is 3.56. The van der Waals surface area contributed by atoms with Crippen molar-refractivity contribution in [2.45, 2.75) is 45.2 Å². The van der Waals surface area contributed by atoms with Crippen LogP contribution < -0.4 is 0 Å². The Labute approximate surface area is 100 Å². The summed E-state index contributed by atoms with van der Waals surface area (Å²) in [6, 6.07) is 0.831. The highest BCUT2D eigenvalue weighted by Gasteiger charge is 2.28. The maximum atomic E-state index is 5.83. The van der Waals surface area contributed by atoms with Gasteiger partial charge in [0.2, 0.25) is 0 Å². The van der Waals surface area contributed by atoms with Crippen LogP contribution in [0.2, 0.25) is 4.47 Å². The Hall–Kier alpha value is -0.120. The van der Waals surface area contributed by atoms with Crippen LogP contribution in [-0.4, -0.2) is 22.5 Å². The highest BCUT2D eigenvalue weighted by Crippen LogP contribution is 2.30. The Balaban J connectivity index is 1.88. The van der Waals surface area contributed by atoms with Crippen molar-refractivity contribution in [3.63, 3.8) is 0 Å². The number of thiazole rings is 1. The minimum Gasteiger partial charge on any atom is -0.295 e. The molecule has 0 amide bonds. The molecule has 84 valence electrons. The molecule has 0 N–H and O–H groups in total. The smallest absolute Gasteiger partial charge is 0.183 e. The molecule has 4 heteroatoms. The number of hydrogen-bond acceptors (Lipinski definition) is 3. The SMILES string of the molecule is CCCCN(Cc1cnc(Cl)s1)C1CC1. The van der Waals surface area contributed by atoms with Gasteiger partial charge in [-0.2, -0.15) is 0 Å². The molecule has 1 saturated carbocycles. The molecule has 15 heavy (non-hydrogen) atoms. The van der Waals surface area contributed by atoms with Crippen molar-refractivity contribution >= 4 is 22.9 Å². The fourth-order valence-electron chi connectivity index (χ4n) is 1.75. The second kappa shape index (κ2) is 5.28. The van der Waals surface area contributed by atoms with E-state index in [0.717, 1.165) is 12.6 Å². The summed E-state index contributed by atoms with van der Waals surface area (Å²) in [5.74, 6) is 0. The molecule has 2 nitrogen and oxygen atoms in total. The quantitative estimate of drug-likeness (QED) is 0.761. The Bertz CT molecular complexity index is 309. The molecule has 2 rings (SSSR count). The molecular formula is C11H17ClN2S. The molecular weight excluding hydrogens is 228 g/mol. The lowest BCUT2D eigenvalue weighted by Crippen LogP contribution is -2.26. The fourth-order valence-corrected chi connectivity index (χ4v) is 2.75. The van der Waals surface area contributed by atoms with E-state index < -0.39 is 0 Å². The summed E-state index contributed by atoms with van der Waals surface area (Å²) in [4.78, 5) is 7.96. The zero-order valence-corrected chi connectivity index (χ0v) is 10.7. The van der Waals surface area contributed by atoms with Gasteiger partial charge < -0.3 is 0 Å². The van der Waals surface area contributed by atoms with Crippen molar-refractivity contribution in [2.24, 2.45) is 0 Å². The highest BCUT2D eigenvalue weighted by atomic mass is 35.5. The molecule has 0 bridgehead atoms. The van der Waals surface area contributed by atoms with E-state index >= 15 is 0 Å². The van der Waals surface area contributed by atoms with E-state index in [1.807, 2.05) is 6.20 Å². The first-order chi connectivity index (χ1) is 7.29. The average molecular weight is 245 g/mol. The van der Waals surface area contributed by atoms with Gasteiger partial charge in [0.05, 0.1) is 0 Å². The van der Waals surface area contributed by atoms with Gasteiger partial charge in [-0.1, -0.05) is 24.9 Å². The zero-order valence-electron chi connectivity index (χ0n) is 9.08. The van der Waals surface area contributed by atoms with E-state index in [1.165, 1.54) is 37.1 Å². The fraction of sp³-hybridized carbons (Fsp3) is 0.727. The van der Waals surface area contributed by atoms with Crippen LogP contribution in [0.5, 0.6) is 0 Å². The molecule has 1 heterocycles. The van der Waals surface area contributed by atoms with Gasteiger partial charge in [-0.15, -0.1) is 11.3 Å². The van der Waals surface area contributed by atoms with E-state index in [-0.39, 0.29) is 0 Å². The van der Waals surface area contributed by atoms with Crippen LogP contribution in [0.4, 0.5) is 0 Å². The minimum atomic E-state index is 0.663. The van der Waals surface area contributed by atoms with Crippen LogP contribution in [0.15, 0.2) is 6.20 Å². The normalized spacial score (nSPS) is 16.2. The first-order valence-corrected chi connectivity index (χ1v) is 6.83. The molecule has 1 aliphatic rings. The van der Waals surface area contributed by atoms with Gasteiger partial charge in [-0.3, -0.25) is 4.90 Å². The molecule has 0 spiro atoms. The third-order valence-electron chi connectivity index (χ3n) is 2.75. The molecule has 1 aromatic rings. The molecule has 0 saturated heterocycles. The second-order valence-corrected chi connectivity index (χ2v) is 5.83. The van der Waals surface area contributed by atoms with Crippen LogP contribution in [0, 0.1) is 0 Å². The van der Waals surface area contributed by atoms with Crippen LogP contribution in [0.25, 0.3) is 0 Å². The number of nitrogens with zero attached hydrogens (tertiary/aromatic N) is 2. The van der Waals surface area contributed by atoms with Crippen molar-refractivity contribution in [3.05, 3.63) is 15.5 Å². The van der Waals surface area contributed by atoms with Gasteiger partial charge in [0, 0.05) is 23.7 Å². The molecule has 1 aliphatic carbocycles. The summed E-state index contributed by atoms with van der Waals surface area (Å²) in [5.41, 5.74) is 0. The predicted molar refractivity (Wildman–Crippen MR) is 65.5 cm³/mol. The first kappa shape index (κ1) is 11.4. The maximum Gasteiger partial charge on any atom is 0.183 e. The van der Waals surface area contributed by atoms with Crippen molar-refractivity contribution in [3.8, 4) is 0 Å². The lowest BCUT2D eigenvalue weighted by Gasteiger charge is -2.20. The first-order valence-electron chi connectivity index (χ1n) is 5.64. The summed E-state index contributed by atoms with van der Waals surface area (Å²) in [6.07, 6.45) is 7.22. The van der Waals surface area contributed by atoms with Crippen LogP contribution >= 0.6 is 22.9 Å². The summed E-state index contributed by atoms with van der Waals surface area (Å²) in [7, 11) is 0. The third kappa shape index (κ3) is 3.44. The Morgan fingerprint density at radius 2 is 2.40 bits per heavy atom. The molecule has 1 aromatic heterocycles. The lowest BCUT2D eigenvalue weighted by molar-refractivity contribution is 0.253. The summed E-state index contributed by atoms with van der Waals surface area (Å²) < 4.78 is 0.663. The van der Waals surface area contributed by atoms with Crippen LogP contribution in [0.1, 0.15) is 37.5 Å². The Morgan fingerprint density at radius 3 is 2.93 bits per heavy atom. The summed E-state index contributed by atoms with van der Waals surface area (Å²) in [6.45, 7) is 4.50. The Kier molecular flexibility index (Phi) is 4.00. The standard InChI is InChI=1S/C11H17ClN2S/c1-2-3-6-14(9-4-5-9)8-10-7-13-11(12)15-10/h7,9H,2-6,8H2,1H3. The lowest BCUT2D eigenvalue weighted by atomic mass is 10.3. The zero-order chi connectivity index (χ0) is 10.7. The third-order valence-corrected chi connectivity index (χ3v) is 3.85. The van der Waals surface area contributed by atoms with Crippen LogP contribution in [0.3, 0.4) is 0 Å².